The average molecular weight is 527 g/mol. The number of hydrogen-bond acceptors (Lipinski definition) is 4. The maximum atomic E-state index is 11.0. The minimum atomic E-state index is -1.00. The molecule has 39 heavy (non-hydrogen) atoms. The molecule has 0 fully saturated rings. The van der Waals surface area contributed by atoms with Crippen molar-refractivity contribution in [2.45, 2.75) is 20.8 Å². The van der Waals surface area contributed by atoms with Crippen LogP contribution in [0.3, 0.4) is 0 Å². The second kappa shape index (κ2) is 15.2. The highest BCUT2D eigenvalue weighted by atomic mass is 16.4. The van der Waals surface area contributed by atoms with Gasteiger partial charge in [-0.25, -0.2) is 9.59 Å². The Bertz CT molecular complexity index is 1300. The van der Waals surface area contributed by atoms with Crippen LogP contribution in [-0.4, -0.2) is 62.7 Å². The standard InChI is InChI=1S/C16H18N2O2.C15H16N2O2/c1-6-8-18(9-7-2)15-12(3)10-14(11-13(15)4)17(5)16(19)20;1-5-9-17(10-6-2)14-8-7-13(11-12(14)3)16(4)15(18)19/h1-2,10-11H,8-9H2,3-5H3,(H,19,20);1-2,7-8,11H,9-10H2,3-4H3,(H,18,19). The lowest BCUT2D eigenvalue weighted by atomic mass is 10.1. The third-order valence-corrected chi connectivity index (χ3v) is 5.79. The summed E-state index contributed by atoms with van der Waals surface area (Å²) in [4.78, 5) is 28.1. The summed E-state index contributed by atoms with van der Waals surface area (Å²) in [5.41, 5.74) is 5.92. The summed E-state index contributed by atoms with van der Waals surface area (Å²) in [6.07, 6.45) is 19.4. The molecule has 2 rings (SSSR count). The molecule has 0 spiro atoms. The van der Waals surface area contributed by atoms with Crippen LogP contribution in [0.2, 0.25) is 0 Å². The van der Waals surface area contributed by atoms with E-state index in [1.54, 1.807) is 12.1 Å². The summed E-state index contributed by atoms with van der Waals surface area (Å²) in [5.74, 6) is 10.3. The predicted octanol–water partition coefficient (Wildman–Crippen LogP) is 4.67. The van der Waals surface area contributed by atoms with Crippen LogP contribution >= 0.6 is 0 Å². The molecule has 0 saturated carbocycles. The summed E-state index contributed by atoms with van der Waals surface area (Å²) in [5, 5.41) is 18.0. The van der Waals surface area contributed by atoms with Crippen molar-refractivity contribution in [3.63, 3.8) is 0 Å². The molecule has 0 atom stereocenters. The molecule has 2 N–H and O–H groups in total. The number of carboxylic acid groups (broad SMARTS) is 2. The van der Waals surface area contributed by atoms with Gasteiger partial charge in [0.15, 0.2) is 0 Å². The SMILES string of the molecule is C#CCN(CC#C)c1c(C)cc(N(C)C(=O)O)cc1C.C#CCN(CC#C)c1ccc(N(C)C(=O)O)cc1C. The van der Waals surface area contributed by atoms with Crippen LogP contribution in [-0.2, 0) is 0 Å². The highest BCUT2D eigenvalue weighted by Gasteiger charge is 2.16. The van der Waals surface area contributed by atoms with Crippen molar-refractivity contribution in [3.05, 3.63) is 47.0 Å². The van der Waals surface area contributed by atoms with Crippen LogP contribution in [0.4, 0.5) is 32.3 Å². The number of nitrogens with zero attached hydrogens (tertiary/aromatic N) is 4. The zero-order valence-corrected chi connectivity index (χ0v) is 23.0. The molecule has 0 aromatic heterocycles. The van der Waals surface area contributed by atoms with E-state index in [0.717, 1.165) is 33.0 Å². The van der Waals surface area contributed by atoms with E-state index in [4.69, 9.17) is 35.9 Å². The van der Waals surface area contributed by atoms with Gasteiger partial charge in [0.25, 0.3) is 0 Å². The Hall–Kier alpha value is -5.18. The number of aryl methyl sites for hydroxylation is 3. The first-order valence-corrected chi connectivity index (χ1v) is 11.8. The number of benzene rings is 2. The number of terminal acetylenes is 4. The third kappa shape index (κ3) is 8.71. The topological polar surface area (TPSA) is 87.6 Å². The number of hydrogen-bond donors (Lipinski definition) is 2. The number of amides is 2. The molecule has 0 aliphatic heterocycles. The van der Waals surface area contributed by atoms with Gasteiger partial charge in [0.05, 0.1) is 26.2 Å². The lowest BCUT2D eigenvalue weighted by molar-refractivity contribution is 0.202. The fraction of sp³-hybridized carbons (Fsp3) is 0.290. The second-order valence-electron chi connectivity index (χ2n) is 8.61. The number of rotatable bonds is 8. The number of carbonyl (C=O) groups is 2. The first kappa shape index (κ1) is 31.8. The van der Waals surface area contributed by atoms with Gasteiger partial charge in [-0.05, 0) is 67.8 Å². The lowest BCUT2D eigenvalue weighted by Gasteiger charge is -2.26. The van der Waals surface area contributed by atoms with Crippen LogP contribution in [0.5, 0.6) is 0 Å². The van der Waals surface area contributed by atoms with Crippen molar-refractivity contribution in [3.8, 4) is 49.4 Å². The maximum Gasteiger partial charge on any atom is 0.411 e. The van der Waals surface area contributed by atoms with E-state index in [2.05, 4.69) is 23.7 Å². The normalized spacial score (nSPS) is 9.36. The van der Waals surface area contributed by atoms with Gasteiger partial charge >= 0.3 is 12.2 Å². The highest BCUT2D eigenvalue weighted by molar-refractivity contribution is 5.87. The van der Waals surface area contributed by atoms with Gasteiger partial charge in [-0.2, -0.15) is 0 Å². The van der Waals surface area contributed by atoms with Crippen LogP contribution < -0.4 is 19.6 Å². The van der Waals surface area contributed by atoms with E-state index >= 15 is 0 Å². The molecule has 0 radical (unpaired) electrons. The molecule has 2 aromatic rings. The molecule has 0 bridgehead atoms. The van der Waals surface area contributed by atoms with E-state index < -0.39 is 12.2 Å². The molecule has 8 heteroatoms. The van der Waals surface area contributed by atoms with Gasteiger partial charge in [0.1, 0.15) is 0 Å². The Kier molecular flexibility index (Phi) is 12.4. The smallest absolute Gasteiger partial charge is 0.411 e. The fourth-order valence-electron chi connectivity index (χ4n) is 3.93. The van der Waals surface area contributed by atoms with Gasteiger partial charge in [-0.3, -0.25) is 9.80 Å². The van der Waals surface area contributed by atoms with Crippen LogP contribution in [0.1, 0.15) is 16.7 Å². The lowest BCUT2D eigenvalue weighted by Crippen LogP contribution is -2.27. The Labute approximate surface area is 231 Å². The Morgan fingerprint density at radius 1 is 0.667 bits per heavy atom. The van der Waals surface area contributed by atoms with Crippen molar-refractivity contribution in [1.29, 1.82) is 0 Å². The Morgan fingerprint density at radius 3 is 1.44 bits per heavy atom. The van der Waals surface area contributed by atoms with E-state index in [9.17, 15) is 9.59 Å². The molecule has 2 amide bonds. The molecular formula is C31H34N4O4. The fourth-order valence-corrected chi connectivity index (χ4v) is 3.93. The van der Waals surface area contributed by atoms with E-state index in [-0.39, 0.29) is 0 Å². The summed E-state index contributed by atoms with van der Waals surface area (Å²) in [6.45, 7) is 7.40. The van der Waals surface area contributed by atoms with Crippen molar-refractivity contribution >= 4 is 34.9 Å². The minimum Gasteiger partial charge on any atom is -0.465 e. The largest absolute Gasteiger partial charge is 0.465 e. The summed E-state index contributed by atoms with van der Waals surface area (Å²) >= 11 is 0. The zero-order chi connectivity index (χ0) is 29.7. The first-order valence-electron chi connectivity index (χ1n) is 11.8. The van der Waals surface area contributed by atoms with Gasteiger partial charge in [0, 0.05) is 36.8 Å². The summed E-state index contributed by atoms with van der Waals surface area (Å²) in [6, 6.07) is 8.99. The molecule has 0 aliphatic carbocycles. The molecule has 0 saturated heterocycles. The van der Waals surface area contributed by atoms with Gasteiger partial charge in [-0.1, -0.05) is 23.7 Å². The van der Waals surface area contributed by atoms with Crippen molar-refractivity contribution in [2.24, 2.45) is 0 Å². The molecule has 202 valence electrons. The summed E-state index contributed by atoms with van der Waals surface area (Å²) in [7, 11) is 3.01. The van der Waals surface area contributed by atoms with Crippen molar-refractivity contribution in [1.82, 2.24) is 0 Å². The van der Waals surface area contributed by atoms with Gasteiger partial charge < -0.3 is 20.0 Å². The first-order chi connectivity index (χ1) is 18.4. The molecule has 0 heterocycles. The zero-order valence-electron chi connectivity index (χ0n) is 23.0. The van der Waals surface area contributed by atoms with Crippen LogP contribution in [0, 0.1) is 70.1 Å². The number of anilines is 4. The maximum absolute atomic E-state index is 11.0. The highest BCUT2D eigenvalue weighted by Crippen LogP contribution is 2.30. The third-order valence-electron chi connectivity index (χ3n) is 5.79. The van der Waals surface area contributed by atoms with Gasteiger partial charge in [0.2, 0.25) is 0 Å². The quantitative estimate of drug-likeness (QED) is 0.486. The molecule has 0 unspecified atom stereocenters. The Morgan fingerprint density at radius 2 is 1.05 bits per heavy atom. The van der Waals surface area contributed by atoms with E-state index in [0.29, 0.717) is 37.6 Å². The van der Waals surface area contributed by atoms with E-state index in [1.807, 2.05) is 48.8 Å². The monoisotopic (exact) mass is 526 g/mol. The minimum absolute atomic E-state index is 0.416. The molecule has 8 nitrogen and oxygen atoms in total. The summed E-state index contributed by atoms with van der Waals surface area (Å²) < 4.78 is 0. The molecule has 2 aromatic carbocycles. The average Bonchev–Trinajstić information content (AvgIpc) is 2.87. The van der Waals surface area contributed by atoms with Gasteiger partial charge in [-0.15, -0.1) is 25.7 Å². The molecule has 0 aliphatic rings. The van der Waals surface area contributed by atoms with Crippen LogP contribution in [0.15, 0.2) is 30.3 Å². The predicted molar refractivity (Wildman–Crippen MR) is 160 cm³/mol. The van der Waals surface area contributed by atoms with Crippen molar-refractivity contribution in [2.75, 3.05) is 59.9 Å². The second-order valence-corrected chi connectivity index (χ2v) is 8.61. The molecular weight excluding hydrogens is 492 g/mol. The van der Waals surface area contributed by atoms with E-state index in [1.165, 1.54) is 19.0 Å². The Balaban J connectivity index is 0.000000391. The van der Waals surface area contributed by atoms with Crippen LogP contribution in [0.25, 0.3) is 0 Å². The van der Waals surface area contributed by atoms with Crippen molar-refractivity contribution < 1.29 is 19.8 Å².